The molecular formula is C22H29ClN2O2. The molecule has 5 heteroatoms. The molecule has 0 fully saturated rings. The summed E-state index contributed by atoms with van der Waals surface area (Å²) in [7, 11) is 0. The van der Waals surface area contributed by atoms with E-state index in [-0.39, 0.29) is 5.91 Å². The highest BCUT2D eigenvalue weighted by molar-refractivity contribution is 6.32. The number of amides is 1. The number of carbonyl (C=O) groups excluding carboxylic acids is 1. The molecule has 0 heterocycles. The van der Waals surface area contributed by atoms with Crippen molar-refractivity contribution in [3.63, 3.8) is 0 Å². The van der Waals surface area contributed by atoms with Gasteiger partial charge in [0.15, 0.2) is 0 Å². The Bertz CT molecular complexity index is 711. The maximum atomic E-state index is 12.9. The lowest BCUT2D eigenvalue weighted by atomic mass is 10.1. The summed E-state index contributed by atoms with van der Waals surface area (Å²) in [5.41, 5.74) is 0.791. The molecule has 0 aliphatic heterocycles. The van der Waals surface area contributed by atoms with Crippen molar-refractivity contribution in [2.75, 3.05) is 13.1 Å². The number of ether oxygens (including phenoxy) is 1. The van der Waals surface area contributed by atoms with E-state index in [1.807, 2.05) is 42.5 Å². The van der Waals surface area contributed by atoms with Crippen LogP contribution >= 0.6 is 11.6 Å². The van der Waals surface area contributed by atoms with E-state index in [0.717, 1.165) is 12.1 Å². The Labute approximate surface area is 167 Å². The average molecular weight is 389 g/mol. The fourth-order valence-corrected chi connectivity index (χ4v) is 3.26. The zero-order valence-electron chi connectivity index (χ0n) is 16.5. The Morgan fingerprint density at radius 3 is 2.19 bits per heavy atom. The van der Waals surface area contributed by atoms with Crippen LogP contribution in [0.5, 0.6) is 5.75 Å². The Hall–Kier alpha value is -2.04. The molecule has 2 aromatic carbocycles. The number of hydrogen-bond acceptors (Lipinski definition) is 3. The van der Waals surface area contributed by atoms with Gasteiger partial charge in [-0.05, 0) is 39.8 Å². The minimum Gasteiger partial charge on any atom is -0.474 e. The maximum absolute atomic E-state index is 12.9. The van der Waals surface area contributed by atoms with Gasteiger partial charge in [-0.25, -0.2) is 0 Å². The summed E-state index contributed by atoms with van der Waals surface area (Å²) >= 11 is 6.21. The fourth-order valence-electron chi connectivity index (χ4n) is 3.08. The van der Waals surface area contributed by atoms with Crippen molar-refractivity contribution in [1.82, 2.24) is 10.2 Å². The third-order valence-electron chi connectivity index (χ3n) is 4.42. The van der Waals surface area contributed by atoms with Gasteiger partial charge < -0.3 is 10.1 Å². The summed E-state index contributed by atoms with van der Waals surface area (Å²) in [6, 6.07) is 17.5. The number of para-hydroxylation sites is 1. The molecule has 0 aliphatic carbocycles. The second kappa shape index (κ2) is 10.3. The van der Waals surface area contributed by atoms with Gasteiger partial charge >= 0.3 is 0 Å². The van der Waals surface area contributed by atoms with Crippen molar-refractivity contribution in [3.8, 4) is 5.75 Å². The Kier molecular flexibility index (Phi) is 8.14. The molecule has 1 amide bonds. The number of carbonyl (C=O) groups is 1. The highest BCUT2D eigenvalue weighted by Crippen LogP contribution is 2.28. The smallest absolute Gasteiger partial charge is 0.265 e. The van der Waals surface area contributed by atoms with Gasteiger partial charge in [-0.15, -0.1) is 0 Å². The predicted octanol–water partition coefficient (Wildman–Crippen LogP) is 4.70. The van der Waals surface area contributed by atoms with E-state index < -0.39 is 6.10 Å². The number of halogens is 1. The molecule has 0 unspecified atom stereocenters. The molecule has 146 valence electrons. The monoisotopic (exact) mass is 388 g/mol. The SMILES string of the molecule is CC(C)N(CCNC(=O)[C@H](Oc1ccccc1Cl)c1ccccc1)C(C)C. The summed E-state index contributed by atoms with van der Waals surface area (Å²) in [5, 5.41) is 3.50. The lowest BCUT2D eigenvalue weighted by Gasteiger charge is -2.30. The number of benzene rings is 2. The van der Waals surface area contributed by atoms with E-state index in [9.17, 15) is 4.79 Å². The fraction of sp³-hybridized carbons (Fsp3) is 0.409. The number of rotatable bonds is 9. The molecule has 0 saturated heterocycles. The molecule has 4 nitrogen and oxygen atoms in total. The summed E-state index contributed by atoms with van der Waals surface area (Å²) in [6.07, 6.45) is -0.752. The highest BCUT2D eigenvalue weighted by Gasteiger charge is 2.23. The zero-order valence-corrected chi connectivity index (χ0v) is 17.2. The van der Waals surface area contributed by atoms with Gasteiger partial charge in [0.05, 0.1) is 5.02 Å². The minimum absolute atomic E-state index is 0.173. The second-order valence-corrected chi connectivity index (χ2v) is 7.46. The topological polar surface area (TPSA) is 41.6 Å². The first kappa shape index (κ1) is 21.3. The highest BCUT2D eigenvalue weighted by atomic mass is 35.5. The summed E-state index contributed by atoms with van der Waals surface area (Å²) in [4.78, 5) is 15.2. The van der Waals surface area contributed by atoms with Crippen molar-refractivity contribution < 1.29 is 9.53 Å². The predicted molar refractivity (Wildman–Crippen MR) is 111 cm³/mol. The van der Waals surface area contributed by atoms with Crippen LogP contribution < -0.4 is 10.1 Å². The Morgan fingerprint density at radius 2 is 1.59 bits per heavy atom. The Morgan fingerprint density at radius 1 is 1.00 bits per heavy atom. The summed E-state index contributed by atoms with van der Waals surface area (Å²) in [6.45, 7) is 9.99. The standard InChI is InChI=1S/C22H29ClN2O2/c1-16(2)25(17(3)4)15-14-24-22(26)21(18-10-6-5-7-11-18)27-20-13-9-8-12-19(20)23/h5-13,16-17,21H,14-15H2,1-4H3,(H,24,26)/t21-/m1/s1. The molecule has 0 bridgehead atoms. The molecule has 2 aromatic rings. The van der Waals surface area contributed by atoms with Gasteiger partial charge in [-0.1, -0.05) is 54.1 Å². The van der Waals surface area contributed by atoms with E-state index in [4.69, 9.17) is 16.3 Å². The lowest BCUT2D eigenvalue weighted by molar-refractivity contribution is -0.128. The first-order chi connectivity index (χ1) is 12.9. The molecule has 2 rings (SSSR count). The van der Waals surface area contributed by atoms with Gasteiger partial charge in [0.2, 0.25) is 6.10 Å². The first-order valence-electron chi connectivity index (χ1n) is 9.39. The van der Waals surface area contributed by atoms with Crippen molar-refractivity contribution in [1.29, 1.82) is 0 Å². The molecule has 0 aromatic heterocycles. The Balaban J connectivity index is 2.09. The quantitative estimate of drug-likeness (QED) is 0.677. The van der Waals surface area contributed by atoms with E-state index in [0.29, 0.717) is 29.4 Å². The van der Waals surface area contributed by atoms with Gasteiger partial charge in [0, 0.05) is 30.7 Å². The molecule has 0 saturated carbocycles. The van der Waals surface area contributed by atoms with Crippen LogP contribution in [0.1, 0.15) is 39.4 Å². The number of hydrogen-bond donors (Lipinski definition) is 1. The normalized spacial score (nSPS) is 12.4. The summed E-state index contributed by atoms with van der Waals surface area (Å²) < 4.78 is 5.99. The van der Waals surface area contributed by atoms with Crippen molar-refractivity contribution in [2.45, 2.75) is 45.9 Å². The number of nitrogens with one attached hydrogen (secondary N) is 1. The van der Waals surface area contributed by atoms with Crippen LogP contribution in [0.4, 0.5) is 0 Å². The van der Waals surface area contributed by atoms with E-state index in [2.05, 4.69) is 37.9 Å². The van der Waals surface area contributed by atoms with Crippen molar-refractivity contribution in [2.24, 2.45) is 0 Å². The van der Waals surface area contributed by atoms with Crippen LogP contribution in [0, 0.1) is 0 Å². The van der Waals surface area contributed by atoms with Gasteiger partial charge in [-0.3, -0.25) is 9.69 Å². The lowest BCUT2D eigenvalue weighted by Crippen LogP contribution is -2.43. The molecule has 1 atom stereocenters. The minimum atomic E-state index is -0.752. The molecular weight excluding hydrogens is 360 g/mol. The zero-order chi connectivity index (χ0) is 19.8. The third-order valence-corrected chi connectivity index (χ3v) is 4.73. The molecule has 0 spiro atoms. The van der Waals surface area contributed by atoms with Gasteiger partial charge in [0.1, 0.15) is 5.75 Å². The second-order valence-electron chi connectivity index (χ2n) is 7.06. The van der Waals surface area contributed by atoms with Gasteiger partial charge in [0.25, 0.3) is 5.91 Å². The van der Waals surface area contributed by atoms with Crippen LogP contribution in [0.25, 0.3) is 0 Å². The van der Waals surface area contributed by atoms with Gasteiger partial charge in [-0.2, -0.15) is 0 Å². The van der Waals surface area contributed by atoms with Crippen LogP contribution in [-0.2, 0) is 4.79 Å². The van der Waals surface area contributed by atoms with Crippen molar-refractivity contribution in [3.05, 3.63) is 65.2 Å². The van der Waals surface area contributed by atoms with Crippen LogP contribution in [0.3, 0.4) is 0 Å². The third kappa shape index (κ3) is 6.26. The van der Waals surface area contributed by atoms with E-state index in [1.165, 1.54) is 0 Å². The van der Waals surface area contributed by atoms with Crippen molar-refractivity contribution >= 4 is 17.5 Å². The van der Waals surface area contributed by atoms with E-state index >= 15 is 0 Å². The molecule has 1 N–H and O–H groups in total. The van der Waals surface area contributed by atoms with Crippen LogP contribution in [0.15, 0.2) is 54.6 Å². The maximum Gasteiger partial charge on any atom is 0.265 e. The van der Waals surface area contributed by atoms with Crippen LogP contribution in [-0.4, -0.2) is 36.0 Å². The summed E-state index contributed by atoms with van der Waals surface area (Å²) in [5.74, 6) is 0.322. The molecule has 0 radical (unpaired) electrons. The molecule has 27 heavy (non-hydrogen) atoms. The molecule has 0 aliphatic rings. The van der Waals surface area contributed by atoms with E-state index in [1.54, 1.807) is 12.1 Å². The largest absolute Gasteiger partial charge is 0.474 e. The first-order valence-corrected chi connectivity index (χ1v) is 9.77. The number of nitrogens with zero attached hydrogens (tertiary/aromatic N) is 1. The average Bonchev–Trinajstić information content (AvgIpc) is 2.64. The van der Waals surface area contributed by atoms with Crippen LogP contribution in [0.2, 0.25) is 5.02 Å².